The second kappa shape index (κ2) is 43.3. The lowest BCUT2D eigenvalue weighted by Crippen LogP contribution is -2.62. The van der Waals surface area contributed by atoms with Crippen molar-refractivity contribution >= 4 is 17.9 Å². The molecule has 121 heavy (non-hydrogen) atoms. The average Bonchev–Trinajstić information content (AvgIpc) is 1.66. The first kappa shape index (κ1) is 86.8. The van der Waals surface area contributed by atoms with E-state index in [1.54, 1.807) is 0 Å². The van der Waals surface area contributed by atoms with Gasteiger partial charge in [-0.1, -0.05) is 294 Å². The van der Waals surface area contributed by atoms with E-state index in [0.29, 0.717) is 51.2 Å². The Morgan fingerprint density at radius 1 is 0.355 bits per heavy atom. The Hall–Kier alpha value is -9.09. The molecule has 0 aromatic heterocycles. The monoisotopic (exact) mass is 1640 g/mol. The lowest BCUT2D eigenvalue weighted by Gasteiger charge is -2.62. The van der Waals surface area contributed by atoms with Gasteiger partial charge in [0.2, 0.25) is 0 Å². The van der Waals surface area contributed by atoms with E-state index < -0.39 is 98.8 Å². The van der Waals surface area contributed by atoms with Gasteiger partial charge in [0.15, 0.2) is 12.6 Å². The van der Waals surface area contributed by atoms with E-state index in [4.69, 9.17) is 71.1 Å². The summed E-state index contributed by atoms with van der Waals surface area (Å²) >= 11 is 0. The van der Waals surface area contributed by atoms with Gasteiger partial charge in [0, 0.05) is 12.3 Å². The van der Waals surface area contributed by atoms with Crippen molar-refractivity contribution < 1.29 is 85.4 Å². The second-order valence-corrected chi connectivity index (χ2v) is 34.3. The quantitative estimate of drug-likeness (QED) is 0.0260. The van der Waals surface area contributed by atoms with Crippen molar-refractivity contribution in [3.05, 3.63) is 323 Å². The predicted molar refractivity (Wildman–Crippen MR) is 457 cm³/mol. The second-order valence-electron chi connectivity index (χ2n) is 34.3. The van der Waals surface area contributed by atoms with Crippen LogP contribution >= 0.6 is 0 Å². The molecule has 2 unspecified atom stereocenters. The van der Waals surface area contributed by atoms with Crippen molar-refractivity contribution in [2.24, 2.45) is 46.3 Å². The fourth-order valence-electron chi connectivity index (χ4n) is 20.2. The molecule has 4 aliphatic carbocycles. The van der Waals surface area contributed by atoms with Crippen molar-refractivity contribution in [2.75, 3.05) is 26.4 Å². The van der Waals surface area contributed by atoms with Gasteiger partial charge in [-0.05, 0) is 148 Å². The molecule has 6 fully saturated rings. The summed E-state index contributed by atoms with van der Waals surface area (Å²) in [7, 11) is 0. The number of esters is 3. The number of carbonyl (C=O) groups excluding carboxylic acids is 3. The maximum atomic E-state index is 15.5. The minimum absolute atomic E-state index is 0.00354. The molecule has 0 radical (unpaired) electrons. The first-order valence-corrected chi connectivity index (χ1v) is 43.6. The number of carbonyl (C=O) groups is 3. The molecule has 18 heteroatoms. The first-order chi connectivity index (χ1) is 59.3. The normalized spacial score (nSPS) is 28.3. The van der Waals surface area contributed by atoms with E-state index in [9.17, 15) is 9.59 Å². The van der Waals surface area contributed by atoms with Crippen molar-refractivity contribution in [2.45, 2.75) is 218 Å². The van der Waals surface area contributed by atoms with Gasteiger partial charge in [0.1, 0.15) is 80.9 Å². The summed E-state index contributed by atoms with van der Waals surface area (Å²) in [6.07, 6.45) is -2.15. The smallest absolute Gasteiger partial charge is 0.332 e. The molecular formula is C103H118O18. The van der Waals surface area contributed by atoms with Crippen LogP contribution in [-0.2, 0) is 145 Å². The largest absolute Gasteiger partial charge is 0.461 e. The first-order valence-electron chi connectivity index (χ1n) is 43.6. The topological polar surface area (TPSA) is 190 Å². The van der Waals surface area contributed by atoms with E-state index in [0.717, 1.165) is 82.2 Å². The highest BCUT2D eigenvalue weighted by Gasteiger charge is 2.64. The predicted octanol–water partition coefficient (Wildman–Crippen LogP) is 18.7. The van der Waals surface area contributed by atoms with Crippen LogP contribution in [0.1, 0.15) is 135 Å². The van der Waals surface area contributed by atoms with Crippen LogP contribution in [0.2, 0.25) is 0 Å². The van der Waals surface area contributed by atoms with Crippen LogP contribution < -0.4 is 0 Å². The fourth-order valence-corrected chi connectivity index (χ4v) is 20.2. The van der Waals surface area contributed by atoms with Gasteiger partial charge in [-0.2, -0.15) is 0 Å². The summed E-state index contributed by atoms with van der Waals surface area (Å²) in [5, 5.41) is 0. The van der Waals surface area contributed by atoms with Crippen LogP contribution in [0, 0.1) is 46.3 Å². The summed E-state index contributed by atoms with van der Waals surface area (Å²) in [6.45, 7) is 8.74. The Balaban J connectivity index is 0.686. The summed E-state index contributed by atoms with van der Waals surface area (Å²) < 4.78 is 102. The van der Waals surface area contributed by atoms with Gasteiger partial charge in [-0.15, -0.1) is 0 Å². The molecule has 0 N–H and O–H groups in total. The zero-order valence-corrected chi connectivity index (χ0v) is 70.0. The van der Waals surface area contributed by atoms with Gasteiger partial charge in [-0.3, -0.25) is 4.79 Å². The van der Waals surface area contributed by atoms with Gasteiger partial charge >= 0.3 is 17.9 Å². The van der Waals surface area contributed by atoms with Crippen LogP contribution in [0.4, 0.5) is 0 Å². The molecule has 2 heterocycles. The molecule has 18 nitrogen and oxygen atoms in total. The van der Waals surface area contributed by atoms with Gasteiger partial charge in [0.25, 0.3) is 0 Å². The molecule has 0 bridgehead atoms. The lowest BCUT2D eigenvalue weighted by atomic mass is 9.43. The number of fused-ring (bicyclic) bond motifs is 5. The Kier molecular flexibility index (Phi) is 31.1. The third kappa shape index (κ3) is 23.2. The van der Waals surface area contributed by atoms with Gasteiger partial charge < -0.3 is 71.1 Å². The Labute approximate surface area is 713 Å². The molecule has 638 valence electrons. The highest BCUT2D eigenvalue weighted by molar-refractivity contribution is 5.71. The number of hydrogen-bond acceptors (Lipinski definition) is 18. The van der Waals surface area contributed by atoms with E-state index in [2.05, 4.69) is 20.8 Å². The minimum atomic E-state index is -1.16. The maximum Gasteiger partial charge on any atom is 0.332 e. The van der Waals surface area contributed by atoms with Crippen molar-refractivity contribution in [3.63, 3.8) is 0 Å². The van der Waals surface area contributed by atoms with E-state index in [-0.39, 0.29) is 106 Å². The fraction of sp³-hybridized carbons (Fsp3) is 0.447. The van der Waals surface area contributed by atoms with E-state index in [1.807, 2.05) is 273 Å². The SMILES string of the molecule is C[C@@H](CCC(=O)OCc1ccccc1)[C@H]1CC[C@H]2[C@@H]3[C@@H](OC(=O)COC4O[C@H](COCc5ccccc5)[C@@H](OCc5ccccc5)[C@H](OCc5ccccc5)[C@H]4OCc4ccccc4)C[C@@H]4C[C@H](OC(=O)COC5O[C@H](COCc6ccccc6)[C@@H](OCc6ccccc6)[C@H](OCc6ccccc6)[C@H]5OCc5ccccc5)CC[C@]4(C)[C@H]3CC[C@]12C. The highest BCUT2D eigenvalue weighted by atomic mass is 16.7. The average molecular weight is 1640 g/mol. The zero-order chi connectivity index (χ0) is 83.0. The Morgan fingerprint density at radius 3 is 1.09 bits per heavy atom. The van der Waals surface area contributed by atoms with Crippen molar-refractivity contribution in [1.29, 1.82) is 0 Å². The van der Waals surface area contributed by atoms with Crippen LogP contribution in [0.15, 0.2) is 273 Å². The van der Waals surface area contributed by atoms with E-state index in [1.165, 1.54) is 0 Å². The molecule has 20 atom stereocenters. The number of hydrogen-bond donors (Lipinski definition) is 0. The molecule has 0 amide bonds. The third-order valence-electron chi connectivity index (χ3n) is 26.4. The van der Waals surface area contributed by atoms with Gasteiger partial charge in [-0.25, -0.2) is 9.59 Å². The van der Waals surface area contributed by atoms with Crippen LogP contribution in [0.3, 0.4) is 0 Å². The van der Waals surface area contributed by atoms with Crippen LogP contribution in [0.5, 0.6) is 0 Å². The number of rotatable bonds is 40. The summed E-state index contributed by atoms with van der Waals surface area (Å²) in [5.41, 5.74) is 8.35. The van der Waals surface area contributed by atoms with Gasteiger partial charge in [0.05, 0.1) is 66.1 Å². The van der Waals surface area contributed by atoms with Crippen LogP contribution in [0.25, 0.3) is 0 Å². The van der Waals surface area contributed by atoms with Crippen LogP contribution in [-0.4, -0.2) is 118 Å². The molecule has 15 rings (SSSR count). The summed E-state index contributed by atoms with van der Waals surface area (Å²) in [4.78, 5) is 43.9. The van der Waals surface area contributed by atoms with Crippen molar-refractivity contribution in [1.82, 2.24) is 0 Å². The minimum Gasteiger partial charge on any atom is -0.461 e. The molecule has 6 aliphatic rings. The zero-order valence-electron chi connectivity index (χ0n) is 70.0. The Morgan fingerprint density at radius 2 is 0.694 bits per heavy atom. The highest BCUT2D eigenvalue weighted by Crippen LogP contribution is 2.69. The summed E-state index contributed by atoms with van der Waals surface area (Å²) in [5.74, 6) is -0.311. The molecule has 2 aliphatic heterocycles. The molecule has 9 aromatic rings. The third-order valence-corrected chi connectivity index (χ3v) is 26.4. The summed E-state index contributed by atoms with van der Waals surface area (Å²) in [6, 6.07) is 89.6. The maximum absolute atomic E-state index is 15.5. The molecule has 9 aromatic carbocycles. The lowest BCUT2D eigenvalue weighted by molar-refractivity contribution is -0.328. The molecule has 2 saturated heterocycles. The number of ether oxygens (including phenoxy) is 15. The molecule has 0 spiro atoms. The number of benzene rings is 9. The van der Waals surface area contributed by atoms with E-state index >= 15 is 4.79 Å². The molecular weight excluding hydrogens is 1530 g/mol. The standard InChI is InChI=1S/C103H118O18/c1-72(49-52-90(104)109-61-75-35-17-6-18-36-75)84-50-51-85-93-86(54-56-103(84,85)3)102(2)55-53-83(118-91(105)70-116-100-98(114-66-80-45-27-11-28-46-80)96(112-64-78-41-23-9-24-42-78)94(110-62-76-37-19-7-20-38-76)88(120-100)68-107-59-73-31-13-4-14-32-73)57-82(102)58-87(93)119-92(106)71-117-101-99(115-67-81-47-29-12-30-48-81)97(113-65-79-43-25-10-26-44-79)95(111-63-77-39-21-8-22-40-77)89(121-101)69-108-60-74-33-15-5-16-34-74/h4-48,72,82-89,93-101H,49-71H2,1-3H3/t72-,82-,83+,84+,85-,86-,87-,88+,89+,93-,94+,95+,96-,97-,98+,99+,100?,101?,102-,103+/m0/s1. The Bertz CT molecular complexity index is 4560. The molecule has 4 saturated carbocycles. The van der Waals surface area contributed by atoms with Crippen molar-refractivity contribution in [3.8, 4) is 0 Å².